The quantitative estimate of drug-likeness (QED) is 0.0275. The Morgan fingerprint density at radius 1 is 0.652 bits per heavy atom. The fraction of sp³-hybridized carbons (Fsp3) is 0.684. The lowest BCUT2D eigenvalue weighted by molar-refractivity contribution is -0.161. The summed E-state index contributed by atoms with van der Waals surface area (Å²) < 4.78 is 10.4. The number of aliphatic hydroxyl groups is 4. The number of hydrogen-bond acceptors (Lipinski definition) is 8. The fourth-order valence-electron chi connectivity index (χ4n) is 4.60. The fourth-order valence-corrected chi connectivity index (χ4v) is 4.60. The maximum absolute atomic E-state index is 12.2. The molecule has 0 aliphatic heterocycles. The van der Waals surface area contributed by atoms with Gasteiger partial charge in [-0.05, 0) is 32.1 Å². The van der Waals surface area contributed by atoms with Gasteiger partial charge in [-0.1, -0.05) is 145 Å². The molecule has 4 N–H and O–H groups in total. The highest BCUT2D eigenvalue weighted by Gasteiger charge is 2.18. The van der Waals surface area contributed by atoms with Crippen LogP contribution in [0.2, 0.25) is 0 Å². The van der Waals surface area contributed by atoms with Crippen molar-refractivity contribution < 1.29 is 39.5 Å². The standard InChI is InChI=1S/C38H64O8/c1-3-5-7-8-9-10-11-12-13-14-19-23-29-37(43)45-32-34(31-39)46-38(44)30-24-28-36(42)35(41)27-22-18-16-15-17-21-26-33(40)25-20-6-4-2/h6,15-18,20-22,26-27,33-36,39-42H,3-5,7-14,19,23-25,28-32H2,1-2H3/b17-15+,18-16-,20-6-,26-21+,27-22-/t33-,34-,35+,36+/m0/s1. The van der Waals surface area contributed by atoms with E-state index in [1.165, 1.54) is 63.9 Å². The number of carbonyl (C=O) groups is 2. The third-order valence-electron chi connectivity index (χ3n) is 7.42. The van der Waals surface area contributed by atoms with Crippen molar-refractivity contribution in [1.82, 2.24) is 0 Å². The summed E-state index contributed by atoms with van der Waals surface area (Å²) in [7, 11) is 0. The summed E-state index contributed by atoms with van der Waals surface area (Å²) in [6.45, 7) is 3.63. The van der Waals surface area contributed by atoms with Gasteiger partial charge in [-0.2, -0.15) is 0 Å². The lowest BCUT2D eigenvalue weighted by atomic mass is 10.0. The zero-order chi connectivity index (χ0) is 34.1. The average molecular weight is 649 g/mol. The van der Waals surface area contributed by atoms with Gasteiger partial charge in [0.05, 0.1) is 24.9 Å². The topological polar surface area (TPSA) is 134 Å². The minimum atomic E-state index is -1.09. The molecule has 0 aliphatic carbocycles. The summed E-state index contributed by atoms with van der Waals surface area (Å²) in [5, 5.41) is 39.6. The van der Waals surface area contributed by atoms with E-state index in [0.717, 1.165) is 25.7 Å². The third kappa shape index (κ3) is 28.9. The second-order valence-corrected chi connectivity index (χ2v) is 11.8. The first kappa shape index (κ1) is 43.5. The van der Waals surface area contributed by atoms with E-state index in [4.69, 9.17) is 9.47 Å². The Hall–Kier alpha value is -2.52. The van der Waals surface area contributed by atoms with Crippen LogP contribution < -0.4 is 0 Å². The molecule has 4 atom stereocenters. The Kier molecular flexibility index (Phi) is 30.6. The van der Waals surface area contributed by atoms with E-state index < -0.39 is 37.0 Å². The van der Waals surface area contributed by atoms with Crippen LogP contribution in [0.5, 0.6) is 0 Å². The Balaban J connectivity index is 4.00. The second kappa shape index (κ2) is 32.4. The molecule has 264 valence electrons. The first-order valence-electron chi connectivity index (χ1n) is 17.7. The predicted octanol–water partition coefficient (Wildman–Crippen LogP) is 7.36. The lowest BCUT2D eigenvalue weighted by Gasteiger charge is -2.17. The van der Waals surface area contributed by atoms with Gasteiger partial charge in [0.15, 0.2) is 6.10 Å². The number of rotatable bonds is 30. The minimum Gasteiger partial charge on any atom is -0.462 e. The van der Waals surface area contributed by atoms with E-state index in [0.29, 0.717) is 12.8 Å². The zero-order valence-electron chi connectivity index (χ0n) is 28.6. The molecule has 0 saturated heterocycles. The predicted molar refractivity (Wildman–Crippen MR) is 186 cm³/mol. The highest BCUT2D eigenvalue weighted by Crippen LogP contribution is 2.13. The largest absolute Gasteiger partial charge is 0.462 e. The molecule has 0 aromatic rings. The van der Waals surface area contributed by atoms with Gasteiger partial charge in [0, 0.05) is 12.8 Å². The van der Waals surface area contributed by atoms with Crippen LogP contribution in [0.15, 0.2) is 60.8 Å². The second-order valence-electron chi connectivity index (χ2n) is 11.8. The molecule has 8 heteroatoms. The van der Waals surface area contributed by atoms with Crippen LogP contribution >= 0.6 is 0 Å². The van der Waals surface area contributed by atoms with Crippen molar-refractivity contribution >= 4 is 11.9 Å². The number of ether oxygens (including phenoxy) is 2. The Bertz CT molecular complexity index is 876. The summed E-state index contributed by atoms with van der Waals surface area (Å²) in [5.41, 5.74) is 0. The summed E-state index contributed by atoms with van der Waals surface area (Å²) >= 11 is 0. The van der Waals surface area contributed by atoms with Crippen LogP contribution in [0.25, 0.3) is 0 Å². The van der Waals surface area contributed by atoms with E-state index in [1.54, 1.807) is 42.5 Å². The number of esters is 2. The summed E-state index contributed by atoms with van der Waals surface area (Å²) in [6.07, 6.45) is 30.8. The molecule has 0 aromatic carbocycles. The van der Waals surface area contributed by atoms with Crippen LogP contribution in [0.3, 0.4) is 0 Å². The van der Waals surface area contributed by atoms with Crippen LogP contribution in [-0.2, 0) is 19.1 Å². The molecule has 0 saturated carbocycles. The molecule has 0 aliphatic rings. The molecule has 0 spiro atoms. The van der Waals surface area contributed by atoms with Gasteiger partial charge >= 0.3 is 11.9 Å². The number of allylic oxidation sites excluding steroid dienone is 7. The monoisotopic (exact) mass is 648 g/mol. The Morgan fingerprint density at radius 3 is 1.78 bits per heavy atom. The number of hydrogen-bond donors (Lipinski definition) is 4. The van der Waals surface area contributed by atoms with Gasteiger partial charge in [-0.15, -0.1) is 0 Å². The molecular formula is C38H64O8. The van der Waals surface area contributed by atoms with Crippen LogP contribution in [0.4, 0.5) is 0 Å². The molecule has 0 amide bonds. The van der Waals surface area contributed by atoms with Gasteiger partial charge in [-0.3, -0.25) is 9.59 Å². The van der Waals surface area contributed by atoms with Gasteiger partial charge in [0.25, 0.3) is 0 Å². The van der Waals surface area contributed by atoms with Crippen LogP contribution in [-0.4, -0.2) is 70.0 Å². The van der Waals surface area contributed by atoms with E-state index in [1.807, 2.05) is 19.1 Å². The van der Waals surface area contributed by atoms with Gasteiger partial charge < -0.3 is 29.9 Å². The van der Waals surface area contributed by atoms with Gasteiger partial charge in [0.1, 0.15) is 6.61 Å². The minimum absolute atomic E-state index is 0.00139. The van der Waals surface area contributed by atoms with Gasteiger partial charge in [-0.25, -0.2) is 0 Å². The average Bonchev–Trinajstić information content (AvgIpc) is 3.04. The smallest absolute Gasteiger partial charge is 0.306 e. The molecule has 0 rings (SSSR count). The molecule has 0 heterocycles. The van der Waals surface area contributed by atoms with E-state index >= 15 is 0 Å². The molecule has 0 fully saturated rings. The number of unbranched alkanes of at least 4 members (excludes halogenated alkanes) is 11. The van der Waals surface area contributed by atoms with E-state index in [9.17, 15) is 30.0 Å². The van der Waals surface area contributed by atoms with Crippen molar-refractivity contribution in [3.63, 3.8) is 0 Å². The SMILES string of the molecule is CC/C=C\C[C@H](O)/C=C/C=C/C=C\C=C/[C@@H](O)[C@H](O)CCCC(=O)O[C@@H](CO)COC(=O)CCCCCCCCCCCCCC. The first-order chi connectivity index (χ1) is 22.3. The van der Waals surface area contributed by atoms with Crippen LogP contribution in [0.1, 0.15) is 129 Å². The maximum Gasteiger partial charge on any atom is 0.306 e. The van der Waals surface area contributed by atoms with Crippen molar-refractivity contribution in [3.8, 4) is 0 Å². The molecule has 0 aromatic heterocycles. The van der Waals surface area contributed by atoms with Crippen molar-refractivity contribution in [3.05, 3.63) is 60.8 Å². The Labute approximate surface area is 279 Å². The van der Waals surface area contributed by atoms with Gasteiger partial charge in [0.2, 0.25) is 0 Å². The van der Waals surface area contributed by atoms with Crippen molar-refractivity contribution in [2.75, 3.05) is 13.2 Å². The molecule has 0 unspecified atom stereocenters. The summed E-state index contributed by atoms with van der Waals surface area (Å²) in [4.78, 5) is 24.2. The van der Waals surface area contributed by atoms with Crippen LogP contribution in [0, 0.1) is 0 Å². The molecule has 0 radical (unpaired) electrons. The summed E-state index contributed by atoms with van der Waals surface area (Å²) in [6, 6.07) is 0. The van der Waals surface area contributed by atoms with E-state index in [-0.39, 0.29) is 31.8 Å². The highest BCUT2D eigenvalue weighted by molar-refractivity contribution is 5.70. The van der Waals surface area contributed by atoms with Crippen molar-refractivity contribution in [2.24, 2.45) is 0 Å². The third-order valence-corrected chi connectivity index (χ3v) is 7.42. The number of carbonyl (C=O) groups excluding carboxylic acids is 2. The molecule has 0 bridgehead atoms. The Morgan fingerprint density at radius 2 is 1.20 bits per heavy atom. The zero-order valence-corrected chi connectivity index (χ0v) is 28.6. The normalized spacial score (nSPS) is 15.0. The van der Waals surface area contributed by atoms with E-state index in [2.05, 4.69) is 6.92 Å². The molecular weight excluding hydrogens is 584 g/mol. The molecule has 46 heavy (non-hydrogen) atoms. The van der Waals surface area contributed by atoms with Crippen molar-refractivity contribution in [2.45, 2.75) is 154 Å². The highest BCUT2D eigenvalue weighted by atomic mass is 16.6. The number of aliphatic hydroxyl groups excluding tert-OH is 4. The maximum atomic E-state index is 12.2. The summed E-state index contributed by atoms with van der Waals surface area (Å²) in [5.74, 6) is -0.928. The molecule has 8 nitrogen and oxygen atoms in total. The van der Waals surface area contributed by atoms with Crippen molar-refractivity contribution in [1.29, 1.82) is 0 Å². The first-order valence-corrected chi connectivity index (χ1v) is 17.7. The lowest BCUT2D eigenvalue weighted by Crippen LogP contribution is -2.29.